The van der Waals surface area contributed by atoms with Gasteiger partial charge in [0.25, 0.3) is 0 Å². The van der Waals surface area contributed by atoms with Crippen LogP contribution in [0.4, 0.5) is 0 Å². The molecule has 0 bridgehead atoms. The number of thioether (sulfide) groups is 4. The number of nitrogens with zero attached hydrogens (tertiary/aromatic N) is 2. The Balaban J connectivity index is 0.000000300. The fourth-order valence-corrected chi connectivity index (χ4v) is 7.76. The van der Waals surface area contributed by atoms with Crippen LogP contribution in [0.3, 0.4) is 0 Å². The average Bonchev–Trinajstić information content (AvgIpc) is 3.09. The molecule has 2 rings (SSSR count). The minimum Gasteiger partial charge on any atom is -0.480 e. The number of hydrogen-bond acceptors (Lipinski definition) is 8. The van der Waals surface area contributed by atoms with Gasteiger partial charge in [0.05, 0.1) is 0 Å². The van der Waals surface area contributed by atoms with Gasteiger partial charge in [-0.25, -0.2) is 0 Å². The summed E-state index contributed by atoms with van der Waals surface area (Å²) in [5, 5.41) is 18.4. The standard InChI is InChI=1S/2C10H19NO2S2/c2*1-8(2)5-9(10(12)13)11-6-14-3-4-15-7-11/h2*8-9H,3-7H2,1-2H3,(H,12,13)/t2*9-/m00/s1. The van der Waals surface area contributed by atoms with E-state index in [4.69, 9.17) is 0 Å². The molecule has 0 amide bonds. The van der Waals surface area contributed by atoms with Crippen molar-refractivity contribution in [3.63, 3.8) is 0 Å². The maximum absolute atomic E-state index is 11.2. The largest absolute Gasteiger partial charge is 0.480 e. The smallest absolute Gasteiger partial charge is 0.320 e. The van der Waals surface area contributed by atoms with Crippen LogP contribution in [-0.4, -0.2) is 90.6 Å². The van der Waals surface area contributed by atoms with E-state index in [-0.39, 0.29) is 12.1 Å². The summed E-state index contributed by atoms with van der Waals surface area (Å²) in [5.41, 5.74) is 0. The van der Waals surface area contributed by atoms with Crippen molar-refractivity contribution in [3.8, 4) is 0 Å². The third kappa shape index (κ3) is 11.8. The van der Waals surface area contributed by atoms with E-state index < -0.39 is 11.9 Å². The molecule has 0 spiro atoms. The Kier molecular flexibility index (Phi) is 15.1. The van der Waals surface area contributed by atoms with E-state index in [1.807, 2.05) is 47.0 Å². The zero-order valence-electron chi connectivity index (χ0n) is 18.6. The maximum atomic E-state index is 11.2. The van der Waals surface area contributed by atoms with Crippen LogP contribution in [0, 0.1) is 11.8 Å². The fourth-order valence-electron chi connectivity index (χ4n) is 3.10. The van der Waals surface area contributed by atoms with Gasteiger partial charge in [-0.05, 0) is 24.7 Å². The first-order valence-electron chi connectivity index (χ1n) is 10.5. The van der Waals surface area contributed by atoms with Crippen LogP contribution in [0.5, 0.6) is 0 Å². The van der Waals surface area contributed by atoms with E-state index in [0.29, 0.717) is 11.8 Å². The molecule has 2 saturated heterocycles. The minimum atomic E-state index is -0.674. The van der Waals surface area contributed by atoms with Crippen molar-refractivity contribution in [2.45, 2.75) is 52.6 Å². The quantitative estimate of drug-likeness (QED) is 0.503. The molecule has 6 nitrogen and oxygen atoms in total. The van der Waals surface area contributed by atoms with E-state index in [9.17, 15) is 19.8 Å². The molecule has 0 aromatic rings. The van der Waals surface area contributed by atoms with Gasteiger partial charge in [0.2, 0.25) is 0 Å². The lowest BCUT2D eigenvalue weighted by atomic mass is 10.0. The van der Waals surface area contributed by atoms with Crippen LogP contribution < -0.4 is 0 Å². The third-order valence-corrected chi connectivity index (χ3v) is 9.16. The number of aliphatic carboxylic acids is 2. The molecule has 0 aliphatic carbocycles. The highest BCUT2D eigenvalue weighted by molar-refractivity contribution is 8.03. The molecular formula is C20H38N2O4S4. The Labute approximate surface area is 199 Å². The van der Waals surface area contributed by atoms with Crippen molar-refractivity contribution in [3.05, 3.63) is 0 Å². The Morgan fingerprint density at radius 1 is 0.667 bits per heavy atom. The van der Waals surface area contributed by atoms with Crippen LogP contribution in [-0.2, 0) is 9.59 Å². The van der Waals surface area contributed by atoms with Crippen LogP contribution in [0.15, 0.2) is 0 Å². The first-order valence-corrected chi connectivity index (χ1v) is 15.1. The predicted octanol–water partition coefficient (Wildman–Crippen LogP) is 4.37. The molecule has 0 radical (unpaired) electrons. The molecule has 0 saturated carbocycles. The fraction of sp³-hybridized carbons (Fsp3) is 0.900. The van der Waals surface area contributed by atoms with Crippen molar-refractivity contribution in [1.82, 2.24) is 9.80 Å². The zero-order valence-corrected chi connectivity index (χ0v) is 21.9. The molecule has 2 N–H and O–H groups in total. The molecular weight excluding hydrogens is 460 g/mol. The van der Waals surface area contributed by atoms with E-state index in [1.165, 1.54) is 0 Å². The summed E-state index contributed by atoms with van der Waals surface area (Å²) in [6.45, 7) is 8.31. The molecule has 2 aliphatic rings. The van der Waals surface area contributed by atoms with E-state index in [0.717, 1.165) is 59.4 Å². The molecule has 2 atom stereocenters. The molecule has 0 unspecified atom stereocenters. The number of rotatable bonds is 8. The molecule has 2 aliphatic heterocycles. The zero-order chi connectivity index (χ0) is 22.5. The second-order valence-electron chi connectivity index (χ2n) is 8.29. The highest BCUT2D eigenvalue weighted by Crippen LogP contribution is 2.23. The average molecular weight is 499 g/mol. The lowest BCUT2D eigenvalue weighted by Gasteiger charge is -2.27. The van der Waals surface area contributed by atoms with Crippen LogP contribution >= 0.6 is 47.0 Å². The van der Waals surface area contributed by atoms with Gasteiger partial charge < -0.3 is 10.2 Å². The summed E-state index contributed by atoms with van der Waals surface area (Å²) in [4.78, 5) is 26.5. The number of carboxylic acids is 2. The second kappa shape index (κ2) is 16.0. The van der Waals surface area contributed by atoms with E-state index in [1.54, 1.807) is 0 Å². The van der Waals surface area contributed by atoms with Gasteiger partial charge in [0.1, 0.15) is 12.1 Å². The minimum absolute atomic E-state index is 0.303. The van der Waals surface area contributed by atoms with Crippen LogP contribution in [0.2, 0.25) is 0 Å². The van der Waals surface area contributed by atoms with Gasteiger partial charge in [-0.15, -0.1) is 47.0 Å². The van der Waals surface area contributed by atoms with E-state index in [2.05, 4.69) is 37.5 Å². The summed E-state index contributed by atoms with van der Waals surface area (Å²) >= 11 is 7.35. The van der Waals surface area contributed by atoms with E-state index >= 15 is 0 Å². The predicted molar refractivity (Wildman–Crippen MR) is 135 cm³/mol. The molecule has 10 heteroatoms. The lowest BCUT2D eigenvalue weighted by Crippen LogP contribution is -2.41. The van der Waals surface area contributed by atoms with Gasteiger partial charge >= 0.3 is 11.9 Å². The Bertz CT molecular complexity index is 451. The van der Waals surface area contributed by atoms with Crippen molar-refractivity contribution in [2.75, 3.05) is 46.5 Å². The molecule has 2 heterocycles. The van der Waals surface area contributed by atoms with Crippen LogP contribution in [0.1, 0.15) is 40.5 Å². The topological polar surface area (TPSA) is 81.1 Å². The Morgan fingerprint density at radius 3 is 1.13 bits per heavy atom. The summed E-state index contributed by atoms with van der Waals surface area (Å²) in [5.74, 6) is 7.49. The third-order valence-electron chi connectivity index (χ3n) is 4.61. The van der Waals surface area contributed by atoms with Gasteiger partial charge in [-0.3, -0.25) is 19.4 Å². The molecule has 176 valence electrons. The second-order valence-corrected chi connectivity index (χ2v) is 12.6. The van der Waals surface area contributed by atoms with Crippen molar-refractivity contribution in [1.29, 1.82) is 0 Å². The van der Waals surface area contributed by atoms with Crippen LogP contribution in [0.25, 0.3) is 0 Å². The SMILES string of the molecule is CC(C)C[C@@H](C(=O)O)N1CSCCSC1.CC(C)C[C@@H](C(=O)O)N1CSCCSC1. The first kappa shape index (κ1) is 28.3. The van der Waals surface area contributed by atoms with Crippen molar-refractivity contribution >= 4 is 59.0 Å². The van der Waals surface area contributed by atoms with Gasteiger partial charge in [0.15, 0.2) is 0 Å². The molecule has 30 heavy (non-hydrogen) atoms. The summed E-state index contributed by atoms with van der Waals surface area (Å²) < 4.78 is 0. The lowest BCUT2D eigenvalue weighted by molar-refractivity contribution is -0.144. The van der Waals surface area contributed by atoms with Crippen molar-refractivity contribution in [2.24, 2.45) is 11.8 Å². The van der Waals surface area contributed by atoms with Gasteiger partial charge in [-0.1, -0.05) is 27.7 Å². The van der Waals surface area contributed by atoms with Gasteiger partial charge in [0, 0.05) is 46.5 Å². The molecule has 0 aromatic carbocycles. The number of carbonyl (C=O) groups is 2. The van der Waals surface area contributed by atoms with Crippen molar-refractivity contribution < 1.29 is 19.8 Å². The number of hydrogen-bond donors (Lipinski definition) is 2. The first-order chi connectivity index (χ1) is 14.2. The highest BCUT2D eigenvalue weighted by Gasteiger charge is 2.28. The van der Waals surface area contributed by atoms with Gasteiger partial charge in [-0.2, -0.15) is 0 Å². The summed E-state index contributed by atoms with van der Waals surface area (Å²) in [7, 11) is 0. The molecule has 2 fully saturated rings. The summed E-state index contributed by atoms with van der Waals surface area (Å²) in [6, 6.07) is -0.605. The Morgan fingerprint density at radius 2 is 0.933 bits per heavy atom. The molecule has 0 aromatic heterocycles. The Hall–Kier alpha value is 0.260. The summed E-state index contributed by atoms with van der Waals surface area (Å²) in [6.07, 6.45) is 1.49. The highest BCUT2D eigenvalue weighted by atomic mass is 32.2. The maximum Gasteiger partial charge on any atom is 0.320 e. The monoisotopic (exact) mass is 498 g/mol. The normalized spacial score (nSPS) is 21.3. The number of carboxylic acid groups (broad SMARTS) is 2.